The summed E-state index contributed by atoms with van der Waals surface area (Å²) in [6.07, 6.45) is 5.19. The van der Waals surface area contributed by atoms with Crippen LogP contribution >= 0.6 is 27.3 Å². The van der Waals surface area contributed by atoms with Gasteiger partial charge < -0.3 is 10.2 Å². The van der Waals surface area contributed by atoms with E-state index >= 15 is 0 Å². The number of anilines is 1. The number of thiophene rings is 1. The van der Waals surface area contributed by atoms with Crippen molar-refractivity contribution in [2.45, 2.75) is 19.4 Å². The minimum atomic E-state index is 0.0852. The maximum atomic E-state index is 12.3. The number of hydrogen-bond donors (Lipinski definition) is 1. The SMILES string of the molecule is O=C(NCc1csc(Br)c1)C1CCN(c2ncccn2)CC1. The summed E-state index contributed by atoms with van der Waals surface area (Å²) in [4.78, 5) is 22.9. The maximum Gasteiger partial charge on any atom is 0.225 e. The van der Waals surface area contributed by atoms with Gasteiger partial charge in [0.15, 0.2) is 0 Å². The fourth-order valence-electron chi connectivity index (χ4n) is 2.57. The molecule has 3 heterocycles. The predicted molar refractivity (Wildman–Crippen MR) is 90.8 cm³/mol. The van der Waals surface area contributed by atoms with Crippen molar-refractivity contribution in [1.82, 2.24) is 15.3 Å². The van der Waals surface area contributed by atoms with Gasteiger partial charge in [0.1, 0.15) is 0 Å². The number of rotatable bonds is 4. The third-order valence-corrected chi connectivity index (χ3v) is 5.34. The lowest BCUT2D eigenvalue weighted by Crippen LogP contribution is -2.40. The molecule has 116 valence electrons. The zero-order valence-corrected chi connectivity index (χ0v) is 14.4. The number of carbonyl (C=O) groups is 1. The molecule has 1 amide bonds. The first-order valence-electron chi connectivity index (χ1n) is 7.25. The first-order valence-corrected chi connectivity index (χ1v) is 8.92. The minimum Gasteiger partial charge on any atom is -0.352 e. The second-order valence-electron chi connectivity index (χ2n) is 5.29. The van der Waals surface area contributed by atoms with E-state index in [9.17, 15) is 4.79 Å². The zero-order chi connectivity index (χ0) is 15.4. The molecule has 0 saturated carbocycles. The van der Waals surface area contributed by atoms with Gasteiger partial charge in [0.05, 0.1) is 3.79 Å². The molecule has 2 aromatic heterocycles. The average Bonchev–Trinajstić information content (AvgIpc) is 2.99. The Balaban J connectivity index is 1.47. The van der Waals surface area contributed by atoms with Crippen molar-refractivity contribution in [2.24, 2.45) is 5.92 Å². The summed E-state index contributed by atoms with van der Waals surface area (Å²) in [5.74, 6) is 0.988. The Morgan fingerprint density at radius 3 is 2.73 bits per heavy atom. The molecule has 0 aliphatic carbocycles. The Hall–Kier alpha value is -1.47. The van der Waals surface area contributed by atoms with Crippen LogP contribution in [0.5, 0.6) is 0 Å². The number of hydrogen-bond acceptors (Lipinski definition) is 5. The van der Waals surface area contributed by atoms with Crippen molar-refractivity contribution < 1.29 is 4.79 Å². The van der Waals surface area contributed by atoms with Crippen molar-refractivity contribution in [2.75, 3.05) is 18.0 Å². The summed E-state index contributed by atoms with van der Waals surface area (Å²) >= 11 is 5.07. The van der Waals surface area contributed by atoms with Gasteiger partial charge in [-0.2, -0.15) is 0 Å². The lowest BCUT2D eigenvalue weighted by molar-refractivity contribution is -0.125. The molecule has 0 radical (unpaired) electrons. The van der Waals surface area contributed by atoms with E-state index in [1.165, 1.54) is 0 Å². The van der Waals surface area contributed by atoms with E-state index < -0.39 is 0 Å². The van der Waals surface area contributed by atoms with E-state index in [4.69, 9.17) is 0 Å². The van der Waals surface area contributed by atoms with Gasteiger partial charge in [0.25, 0.3) is 0 Å². The normalized spacial score (nSPS) is 15.8. The highest BCUT2D eigenvalue weighted by Gasteiger charge is 2.25. The van der Waals surface area contributed by atoms with Crippen LogP contribution in [-0.2, 0) is 11.3 Å². The minimum absolute atomic E-state index is 0.0852. The van der Waals surface area contributed by atoms with Crippen LogP contribution in [0.4, 0.5) is 5.95 Å². The number of amides is 1. The van der Waals surface area contributed by atoms with Gasteiger partial charge >= 0.3 is 0 Å². The Morgan fingerprint density at radius 1 is 1.36 bits per heavy atom. The Labute approximate surface area is 141 Å². The van der Waals surface area contributed by atoms with Crippen molar-refractivity contribution in [1.29, 1.82) is 0 Å². The summed E-state index contributed by atoms with van der Waals surface area (Å²) in [5.41, 5.74) is 1.14. The van der Waals surface area contributed by atoms with E-state index in [0.717, 1.165) is 41.2 Å². The molecule has 0 spiro atoms. The fourth-order valence-corrected chi connectivity index (χ4v) is 3.78. The highest BCUT2D eigenvalue weighted by Crippen LogP contribution is 2.22. The monoisotopic (exact) mass is 380 g/mol. The molecule has 1 aliphatic heterocycles. The van der Waals surface area contributed by atoms with Gasteiger partial charge in [0.2, 0.25) is 11.9 Å². The molecule has 0 atom stereocenters. The van der Waals surface area contributed by atoms with Crippen molar-refractivity contribution in [3.8, 4) is 0 Å². The highest BCUT2D eigenvalue weighted by molar-refractivity contribution is 9.11. The summed E-state index contributed by atoms with van der Waals surface area (Å²) in [6, 6.07) is 3.85. The third-order valence-electron chi connectivity index (χ3n) is 3.79. The Bertz CT molecular complexity index is 625. The van der Waals surface area contributed by atoms with E-state index in [1.807, 2.05) is 12.1 Å². The van der Waals surface area contributed by atoms with Crippen LogP contribution in [0, 0.1) is 5.92 Å². The molecule has 2 aromatic rings. The molecule has 5 nitrogen and oxygen atoms in total. The van der Waals surface area contributed by atoms with Gasteiger partial charge in [-0.1, -0.05) is 0 Å². The van der Waals surface area contributed by atoms with E-state index in [1.54, 1.807) is 23.7 Å². The molecule has 0 aromatic carbocycles. The first-order chi connectivity index (χ1) is 10.7. The molecule has 1 fully saturated rings. The summed E-state index contributed by atoms with van der Waals surface area (Å²) < 4.78 is 1.09. The van der Waals surface area contributed by atoms with Crippen LogP contribution in [0.25, 0.3) is 0 Å². The molecule has 1 N–H and O–H groups in total. The Kier molecular flexibility index (Phi) is 5.04. The molecule has 1 aliphatic rings. The third kappa shape index (κ3) is 3.84. The van der Waals surface area contributed by atoms with Crippen LogP contribution in [0.2, 0.25) is 0 Å². The predicted octanol–water partition coefficient (Wildman–Crippen LogP) is 2.83. The van der Waals surface area contributed by atoms with Gasteiger partial charge in [-0.25, -0.2) is 9.97 Å². The summed E-state index contributed by atoms with van der Waals surface area (Å²) in [6.45, 7) is 2.25. The van der Waals surface area contributed by atoms with Crippen molar-refractivity contribution >= 4 is 39.1 Å². The lowest BCUT2D eigenvalue weighted by atomic mass is 9.96. The van der Waals surface area contributed by atoms with Crippen LogP contribution in [0.3, 0.4) is 0 Å². The number of piperidine rings is 1. The molecule has 3 rings (SSSR count). The van der Waals surface area contributed by atoms with Crippen LogP contribution in [-0.4, -0.2) is 29.0 Å². The molecular weight excluding hydrogens is 364 g/mol. The fraction of sp³-hybridized carbons (Fsp3) is 0.400. The quantitative estimate of drug-likeness (QED) is 0.885. The summed E-state index contributed by atoms with van der Waals surface area (Å²) in [7, 11) is 0. The molecule has 7 heteroatoms. The van der Waals surface area contributed by atoms with Crippen LogP contribution < -0.4 is 10.2 Å². The van der Waals surface area contributed by atoms with Crippen LogP contribution in [0.15, 0.2) is 33.7 Å². The Morgan fingerprint density at radius 2 is 2.09 bits per heavy atom. The molecule has 0 bridgehead atoms. The largest absolute Gasteiger partial charge is 0.352 e. The lowest BCUT2D eigenvalue weighted by Gasteiger charge is -2.31. The first kappa shape index (κ1) is 15.4. The van der Waals surface area contributed by atoms with E-state index in [2.05, 4.69) is 41.5 Å². The molecule has 22 heavy (non-hydrogen) atoms. The molecule has 1 saturated heterocycles. The number of nitrogens with one attached hydrogen (secondary N) is 1. The topological polar surface area (TPSA) is 58.1 Å². The second kappa shape index (κ2) is 7.19. The number of aromatic nitrogens is 2. The smallest absolute Gasteiger partial charge is 0.225 e. The van der Waals surface area contributed by atoms with Gasteiger partial charge in [-0.3, -0.25) is 4.79 Å². The average molecular weight is 381 g/mol. The van der Waals surface area contributed by atoms with Gasteiger partial charge in [-0.15, -0.1) is 11.3 Å². The number of carbonyl (C=O) groups excluding carboxylic acids is 1. The molecular formula is C15H17BrN4OS. The maximum absolute atomic E-state index is 12.3. The van der Waals surface area contributed by atoms with Gasteiger partial charge in [-0.05, 0) is 51.8 Å². The molecule has 0 unspecified atom stereocenters. The number of nitrogens with zero attached hydrogens (tertiary/aromatic N) is 3. The van der Waals surface area contributed by atoms with Crippen LogP contribution in [0.1, 0.15) is 18.4 Å². The highest BCUT2D eigenvalue weighted by atomic mass is 79.9. The van der Waals surface area contributed by atoms with E-state index in [0.29, 0.717) is 6.54 Å². The number of halogens is 1. The van der Waals surface area contributed by atoms with E-state index in [-0.39, 0.29) is 11.8 Å². The summed E-state index contributed by atoms with van der Waals surface area (Å²) in [5, 5.41) is 5.09. The van der Waals surface area contributed by atoms with Crippen molar-refractivity contribution in [3.63, 3.8) is 0 Å². The van der Waals surface area contributed by atoms with Gasteiger partial charge in [0, 0.05) is 37.9 Å². The van der Waals surface area contributed by atoms with Crippen molar-refractivity contribution in [3.05, 3.63) is 39.3 Å². The standard InChI is InChI=1S/C15H17BrN4OS/c16-13-8-11(10-22-13)9-19-14(21)12-2-6-20(7-3-12)15-17-4-1-5-18-15/h1,4-5,8,10,12H,2-3,6-7,9H2,(H,19,21). The second-order valence-corrected chi connectivity index (χ2v) is 7.58. The zero-order valence-electron chi connectivity index (χ0n) is 12.0.